The Hall–Kier alpha value is -1.43. The maximum atomic E-state index is 4.47. The van der Waals surface area contributed by atoms with Crippen LogP contribution in [0, 0.1) is 6.92 Å². The van der Waals surface area contributed by atoms with Crippen LogP contribution in [-0.4, -0.2) is 25.4 Å². The molecule has 0 unspecified atom stereocenters. The average Bonchev–Trinajstić information content (AvgIpc) is 3.10. The Morgan fingerprint density at radius 2 is 2.00 bits per heavy atom. The van der Waals surface area contributed by atoms with Gasteiger partial charge in [-0.25, -0.2) is 9.97 Å². The first-order valence-corrected chi connectivity index (χ1v) is 7.64. The van der Waals surface area contributed by atoms with Crippen LogP contribution in [0.2, 0.25) is 0 Å². The average molecular weight is 357 g/mol. The van der Waals surface area contributed by atoms with Crippen LogP contribution in [0.4, 0.5) is 0 Å². The van der Waals surface area contributed by atoms with Crippen molar-refractivity contribution in [1.82, 2.24) is 19.1 Å². The Bertz CT molecular complexity index is 724. The highest BCUT2D eigenvalue weighted by molar-refractivity contribution is 7.98. The Morgan fingerprint density at radius 1 is 1.18 bits per heavy atom. The highest BCUT2D eigenvalue weighted by atomic mass is 35.5. The van der Waals surface area contributed by atoms with Crippen molar-refractivity contribution in [2.24, 2.45) is 0 Å². The molecule has 7 heteroatoms. The molecule has 1 aromatic carbocycles. The van der Waals surface area contributed by atoms with Gasteiger partial charge in [-0.2, -0.15) is 0 Å². The van der Waals surface area contributed by atoms with Gasteiger partial charge in [0.1, 0.15) is 5.82 Å². The van der Waals surface area contributed by atoms with Crippen molar-refractivity contribution in [1.29, 1.82) is 0 Å². The molecule has 0 fully saturated rings. The summed E-state index contributed by atoms with van der Waals surface area (Å²) in [6, 6.07) is 8.44. The molecule has 118 valence electrons. The third kappa shape index (κ3) is 4.06. The number of halogens is 2. The molecule has 4 nitrogen and oxygen atoms in total. The summed E-state index contributed by atoms with van der Waals surface area (Å²) in [6.07, 6.45) is 9.80. The Kier molecular flexibility index (Phi) is 7.00. The summed E-state index contributed by atoms with van der Waals surface area (Å²) in [5.41, 5.74) is 2.17. The minimum atomic E-state index is 0. The van der Waals surface area contributed by atoms with Gasteiger partial charge in [-0.1, -0.05) is 6.07 Å². The third-order valence-corrected chi connectivity index (χ3v) is 3.97. The molecule has 0 N–H and O–H groups in total. The molecule has 3 aromatic rings. The van der Waals surface area contributed by atoms with E-state index in [0.29, 0.717) is 0 Å². The van der Waals surface area contributed by atoms with Crippen LogP contribution >= 0.6 is 36.6 Å². The highest BCUT2D eigenvalue weighted by Crippen LogP contribution is 2.18. The number of thioether (sulfide) groups is 1. The zero-order chi connectivity index (χ0) is 13.9. The topological polar surface area (TPSA) is 35.6 Å². The molecule has 0 aliphatic carbocycles. The van der Waals surface area contributed by atoms with Gasteiger partial charge in [0.15, 0.2) is 0 Å². The van der Waals surface area contributed by atoms with E-state index in [0.717, 1.165) is 23.8 Å². The van der Waals surface area contributed by atoms with E-state index in [9.17, 15) is 0 Å². The number of aromatic nitrogens is 4. The van der Waals surface area contributed by atoms with Gasteiger partial charge in [-0.15, -0.1) is 36.6 Å². The molecule has 3 rings (SSSR count). The minimum absolute atomic E-state index is 0. The summed E-state index contributed by atoms with van der Waals surface area (Å²) in [6.45, 7) is 2.75. The highest BCUT2D eigenvalue weighted by Gasteiger charge is 2.04. The van der Waals surface area contributed by atoms with E-state index < -0.39 is 0 Å². The van der Waals surface area contributed by atoms with Gasteiger partial charge in [0, 0.05) is 29.2 Å². The fraction of sp³-hybridized carbons (Fsp3) is 0.200. The second-order valence-electron chi connectivity index (χ2n) is 4.58. The molecule has 2 heterocycles. The van der Waals surface area contributed by atoms with Gasteiger partial charge in [-0.3, -0.25) is 0 Å². The second-order valence-corrected chi connectivity index (χ2v) is 5.46. The lowest BCUT2D eigenvalue weighted by molar-refractivity contribution is 0.746. The predicted octanol–water partition coefficient (Wildman–Crippen LogP) is 3.99. The predicted molar refractivity (Wildman–Crippen MR) is 95.9 cm³/mol. The Balaban J connectivity index is 0.00000121. The van der Waals surface area contributed by atoms with E-state index in [-0.39, 0.29) is 24.8 Å². The van der Waals surface area contributed by atoms with Gasteiger partial charge in [-0.05, 0) is 31.4 Å². The van der Waals surface area contributed by atoms with E-state index in [1.54, 1.807) is 11.8 Å². The molecule has 0 radical (unpaired) electrons. The zero-order valence-electron chi connectivity index (χ0n) is 12.3. The van der Waals surface area contributed by atoms with Crippen LogP contribution in [0.25, 0.3) is 5.69 Å². The van der Waals surface area contributed by atoms with Crippen LogP contribution in [0.5, 0.6) is 0 Å². The van der Waals surface area contributed by atoms with Gasteiger partial charge < -0.3 is 9.13 Å². The van der Waals surface area contributed by atoms with Crippen molar-refractivity contribution in [2.75, 3.05) is 6.26 Å². The summed E-state index contributed by atoms with van der Waals surface area (Å²) in [5.74, 6) is 1.00. The number of rotatable bonds is 4. The molecule has 0 aliphatic rings. The number of hydrogen-bond donors (Lipinski definition) is 0. The summed E-state index contributed by atoms with van der Waals surface area (Å²) < 4.78 is 4.15. The second kappa shape index (κ2) is 8.27. The molecular formula is C15H18Cl2N4S. The van der Waals surface area contributed by atoms with E-state index in [1.807, 2.05) is 25.6 Å². The summed E-state index contributed by atoms with van der Waals surface area (Å²) in [7, 11) is 0. The lowest BCUT2D eigenvalue weighted by Gasteiger charge is -2.04. The first-order chi connectivity index (χ1) is 9.76. The molecule has 0 atom stereocenters. The molecule has 0 amide bonds. The standard InChI is InChI=1S/C15H16N4S.2ClH/c1-12-16-6-7-18(12)9-13-10-19(11-17-13)14-4-3-5-15(8-14)20-2;;/h3-8,10-11H,9H2,1-2H3;2*1H. The van der Waals surface area contributed by atoms with E-state index >= 15 is 0 Å². The van der Waals surface area contributed by atoms with Gasteiger partial charge in [0.25, 0.3) is 0 Å². The molecule has 2 aromatic heterocycles. The summed E-state index contributed by atoms with van der Waals surface area (Å²) in [5, 5.41) is 0. The monoisotopic (exact) mass is 356 g/mol. The number of benzene rings is 1. The molecule has 22 heavy (non-hydrogen) atoms. The van der Waals surface area contributed by atoms with Crippen LogP contribution in [-0.2, 0) is 6.54 Å². The van der Waals surface area contributed by atoms with Crippen molar-refractivity contribution in [3.05, 3.63) is 60.7 Å². The smallest absolute Gasteiger partial charge is 0.105 e. The van der Waals surface area contributed by atoms with Crippen molar-refractivity contribution in [3.8, 4) is 5.69 Å². The lowest BCUT2D eigenvalue weighted by atomic mass is 10.3. The van der Waals surface area contributed by atoms with Crippen molar-refractivity contribution in [2.45, 2.75) is 18.4 Å². The number of hydrogen-bond acceptors (Lipinski definition) is 3. The molecule has 0 aliphatic heterocycles. The zero-order valence-corrected chi connectivity index (χ0v) is 14.8. The number of imidazole rings is 2. The van der Waals surface area contributed by atoms with Gasteiger partial charge >= 0.3 is 0 Å². The van der Waals surface area contributed by atoms with Crippen molar-refractivity contribution >= 4 is 36.6 Å². The van der Waals surface area contributed by atoms with Crippen LogP contribution in [0.15, 0.2) is 54.1 Å². The summed E-state index contributed by atoms with van der Waals surface area (Å²) >= 11 is 1.74. The number of nitrogens with zero attached hydrogens (tertiary/aromatic N) is 4. The molecule has 0 saturated heterocycles. The maximum absolute atomic E-state index is 4.47. The van der Waals surface area contributed by atoms with Gasteiger partial charge in [0.2, 0.25) is 0 Å². The first-order valence-electron chi connectivity index (χ1n) is 6.41. The molecule has 0 bridgehead atoms. The lowest BCUT2D eigenvalue weighted by Crippen LogP contribution is -2.00. The maximum Gasteiger partial charge on any atom is 0.105 e. The largest absolute Gasteiger partial charge is 0.329 e. The normalized spacial score (nSPS) is 9.91. The number of aryl methyl sites for hydroxylation is 1. The fourth-order valence-corrected chi connectivity index (χ4v) is 2.56. The Morgan fingerprint density at radius 3 is 2.68 bits per heavy atom. The van der Waals surface area contributed by atoms with Crippen LogP contribution in [0.1, 0.15) is 11.5 Å². The SMILES string of the molecule is CSc1cccc(-n2cnc(Cn3ccnc3C)c2)c1.Cl.Cl. The van der Waals surface area contributed by atoms with E-state index in [1.165, 1.54) is 4.90 Å². The third-order valence-electron chi connectivity index (χ3n) is 3.24. The molecule has 0 saturated carbocycles. The minimum Gasteiger partial charge on any atom is -0.329 e. The van der Waals surface area contributed by atoms with E-state index in [2.05, 4.69) is 55.8 Å². The van der Waals surface area contributed by atoms with Crippen LogP contribution in [0.3, 0.4) is 0 Å². The van der Waals surface area contributed by atoms with Crippen molar-refractivity contribution in [3.63, 3.8) is 0 Å². The molecule has 0 spiro atoms. The quantitative estimate of drug-likeness (QED) is 0.663. The Labute approximate surface area is 146 Å². The van der Waals surface area contributed by atoms with E-state index in [4.69, 9.17) is 0 Å². The summed E-state index contributed by atoms with van der Waals surface area (Å²) in [4.78, 5) is 9.95. The van der Waals surface area contributed by atoms with Gasteiger partial charge in [0.05, 0.1) is 18.6 Å². The van der Waals surface area contributed by atoms with Crippen LogP contribution < -0.4 is 0 Å². The molecular weight excluding hydrogens is 339 g/mol. The fourth-order valence-electron chi connectivity index (χ4n) is 2.10. The van der Waals surface area contributed by atoms with Crippen molar-refractivity contribution < 1.29 is 0 Å². The first kappa shape index (κ1) is 18.6.